The maximum Gasteiger partial charge on any atom is 0.253 e. The molecule has 0 saturated carbocycles. The lowest BCUT2D eigenvalue weighted by Crippen LogP contribution is -2.26. The summed E-state index contributed by atoms with van der Waals surface area (Å²) >= 11 is 3.40. The monoisotopic (exact) mass is 283 g/mol. The molecule has 1 aliphatic heterocycles. The lowest BCUT2D eigenvalue weighted by molar-refractivity contribution is -0.124. The van der Waals surface area contributed by atoms with E-state index in [2.05, 4.69) is 21.2 Å². The fraction of sp³-hybridized carbons (Fsp3) is 0.417. The van der Waals surface area contributed by atoms with Gasteiger partial charge in [0.2, 0.25) is 0 Å². The van der Waals surface area contributed by atoms with Crippen LogP contribution in [0.2, 0.25) is 0 Å². The van der Waals surface area contributed by atoms with E-state index in [1.807, 2.05) is 25.1 Å². The number of aryl methyl sites for hydroxylation is 1. The molecule has 1 saturated heterocycles. The van der Waals surface area contributed by atoms with E-state index in [1.54, 1.807) is 0 Å². The average molecular weight is 284 g/mol. The molecule has 2 rings (SSSR count). The Morgan fingerprint density at radius 3 is 2.94 bits per heavy atom. The van der Waals surface area contributed by atoms with Gasteiger partial charge in [-0.25, -0.2) is 0 Å². The Hall–Kier alpha value is -0.870. The van der Waals surface area contributed by atoms with Crippen molar-refractivity contribution in [2.75, 3.05) is 11.9 Å². The summed E-state index contributed by atoms with van der Waals surface area (Å²) in [7, 11) is 0. The molecular weight excluding hydrogens is 270 g/mol. The number of anilines is 1. The number of carbonyl (C=O) groups excluding carboxylic acids is 1. The van der Waals surface area contributed by atoms with Crippen LogP contribution >= 0.6 is 15.9 Å². The number of hydrogen-bond acceptors (Lipinski definition) is 2. The molecule has 1 N–H and O–H groups in total. The van der Waals surface area contributed by atoms with Gasteiger partial charge in [0.1, 0.15) is 6.10 Å². The summed E-state index contributed by atoms with van der Waals surface area (Å²) in [6.45, 7) is 2.68. The number of hydrogen-bond donors (Lipinski definition) is 1. The van der Waals surface area contributed by atoms with Gasteiger partial charge in [-0.1, -0.05) is 15.9 Å². The highest BCUT2D eigenvalue weighted by Crippen LogP contribution is 2.20. The van der Waals surface area contributed by atoms with Crippen LogP contribution in [-0.2, 0) is 9.53 Å². The molecule has 86 valence electrons. The number of carbonyl (C=O) groups is 1. The molecule has 1 fully saturated rings. The molecule has 16 heavy (non-hydrogen) atoms. The summed E-state index contributed by atoms with van der Waals surface area (Å²) in [4.78, 5) is 11.8. The fourth-order valence-corrected chi connectivity index (χ4v) is 2.42. The molecule has 3 nitrogen and oxygen atoms in total. The first-order valence-electron chi connectivity index (χ1n) is 5.35. The SMILES string of the molecule is Cc1cc(Br)cc(NC(=O)[C@H]2CCCO2)c1. The molecule has 0 spiro atoms. The first-order chi connectivity index (χ1) is 7.65. The van der Waals surface area contributed by atoms with E-state index < -0.39 is 0 Å². The van der Waals surface area contributed by atoms with Crippen LogP contribution in [0.15, 0.2) is 22.7 Å². The highest BCUT2D eigenvalue weighted by atomic mass is 79.9. The van der Waals surface area contributed by atoms with E-state index in [9.17, 15) is 4.79 Å². The predicted octanol–water partition coefficient (Wildman–Crippen LogP) is 2.88. The Bertz CT molecular complexity index is 380. The van der Waals surface area contributed by atoms with Crippen LogP contribution in [0.5, 0.6) is 0 Å². The normalized spacial score (nSPS) is 19.8. The Labute approximate surface area is 103 Å². The standard InChI is InChI=1S/C12H14BrNO2/c1-8-5-9(13)7-10(6-8)14-12(15)11-3-2-4-16-11/h5-7,11H,2-4H2,1H3,(H,14,15)/t11-/m1/s1. The zero-order chi connectivity index (χ0) is 11.5. The van der Waals surface area contributed by atoms with Gasteiger partial charge in [-0.3, -0.25) is 4.79 Å². The second kappa shape index (κ2) is 4.97. The lowest BCUT2D eigenvalue weighted by Gasteiger charge is -2.11. The summed E-state index contributed by atoms with van der Waals surface area (Å²) < 4.78 is 6.29. The minimum absolute atomic E-state index is 0.0463. The van der Waals surface area contributed by atoms with Crippen molar-refractivity contribution in [2.45, 2.75) is 25.9 Å². The second-order valence-corrected chi connectivity index (χ2v) is 4.92. The Morgan fingerprint density at radius 2 is 2.31 bits per heavy atom. The molecule has 1 aromatic carbocycles. The van der Waals surface area contributed by atoms with Crippen molar-refractivity contribution in [3.63, 3.8) is 0 Å². The highest BCUT2D eigenvalue weighted by Gasteiger charge is 2.23. The fourth-order valence-electron chi connectivity index (χ4n) is 1.82. The molecule has 0 aromatic heterocycles. The quantitative estimate of drug-likeness (QED) is 0.906. The van der Waals surface area contributed by atoms with Crippen LogP contribution < -0.4 is 5.32 Å². The van der Waals surface area contributed by atoms with Gasteiger partial charge in [-0.05, 0) is 43.5 Å². The molecule has 1 aromatic rings. The van der Waals surface area contributed by atoms with Gasteiger partial charge < -0.3 is 10.1 Å². The van der Waals surface area contributed by atoms with Crippen LogP contribution in [0.4, 0.5) is 5.69 Å². The van der Waals surface area contributed by atoms with Crippen LogP contribution in [0.25, 0.3) is 0 Å². The summed E-state index contributed by atoms with van der Waals surface area (Å²) in [5, 5.41) is 2.87. The van der Waals surface area contributed by atoms with Crippen LogP contribution in [-0.4, -0.2) is 18.6 Å². The first kappa shape index (κ1) is 11.6. The zero-order valence-electron chi connectivity index (χ0n) is 9.13. The van der Waals surface area contributed by atoms with E-state index in [0.717, 1.165) is 28.6 Å². The predicted molar refractivity (Wildman–Crippen MR) is 66.5 cm³/mol. The molecule has 1 atom stereocenters. The molecular formula is C12H14BrNO2. The number of rotatable bonds is 2. The zero-order valence-corrected chi connectivity index (χ0v) is 10.7. The second-order valence-electron chi connectivity index (χ2n) is 4.01. The molecule has 4 heteroatoms. The number of benzene rings is 1. The van der Waals surface area contributed by atoms with E-state index >= 15 is 0 Å². The van der Waals surface area contributed by atoms with Crippen molar-refractivity contribution in [1.82, 2.24) is 0 Å². The van der Waals surface area contributed by atoms with Crippen LogP contribution in [0.3, 0.4) is 0 Å². The minimum atomic E-state index is -0.278. The van der Waals surface area contributed by atoms with Crippen molar-refractivity contribution in [3.8, 4) is 0 Å². The average Bonchev–Trinajstić information content (AvgIpc) is 2.68. The Balaban J connectivity index is 2.05. The highest BCUT2D eigenvalue weighted by molar-refractivity contribution is 9.10. The number of ether oxygens (including phenoxy) is 1. The van der Waals surface area contributed by atoms with Crippen molar-refractivity contribution < 1.29 is 9.53 Å². The van der Waals surface area contributed by atoms with Crippen molar-refractivity contribution in [3.05, 3.63) is 28.2 Å². The molecule has 0 radical (unpaired) electrons. The minimum Gasteiger partial charge on any atom is -0.368 e. The molecule has 1 amide bonds. The summed E-state index contributed by atoms with van der Waals surface area (Å²) in [5.74, 6) is -0.0463. The van der Waals surface area contributed by atoms with E-state index in [-0.39, 0.29) is 12.0 Å². The van der Waals surface area contributed by atoms with Gasteiger partial charge >= 0.3 is 0 Å². The largest absolute Gasteiger partial charge is 0.368 e. The van der Waals surface area contributed by atoms with Gasteiger partial charge in [-0.2, -0.15) is 0 Å². The van der Waals surface area contributed by atoms with Gasteiger partial charge in [0.05, 0.1) is 0 Å². The molecule has 0 unspecified atom stereocenters. The van der Waals surface area contributed by atoms with Crippen molar-refractivity contribution >= 4 is 27.5 Å². The van der Waals surface area contributed by atoms with E-state index in [0.29, 0.717) is 6.61 Å². The van der Waals surface area contributed by atoms with Crippen LogP contribution in [0, 0.1) is 6.92 Å². The third-order valence-corrected chi connectivity index (χ3v) is 2.99. The van der Waals surface area contributed by atoms with Gasteiger partial charge in [0.25, 0.3) is 5.91 Å². The third-order valence-electron chi connectivity index (χ3n) is 2.53. The van der Waals surface area contributed by atoms with E-state index in [1.165, 1.54) is 0 Å². The number of amides is 1. The molecule has 0 bridgehead atoms. The lowest BCUT2D eigenvalue weighted by atomic mass is 10.2. The maximum absolute atomic E-state index is 11.8. The van der Waals surface area contributed by atoms with Gasteiger partial charge in [0, 0.05) is 16.8 Å². The Morgan fingerprint density at radius 1 is 1.50 bits per heavy atom. The smallest absolute Gasteiger partial charge is 0.253 e. The van der Waals surface area contributed by atoms with Gasteiger partial charge in [-0.15, -0.1) is 0 Å². The summed E-state index contributed by atoms with van der Waals surface area (Å²) in [6.07, 6.45) is 1.51. The summed E-state index contributed by atoms with van der Waals surface area (Å²) in [5.41, 5.74) is 1.92. The topological polar surface area (TPSA) is 38.3 Å². The number of nitrogens with one attached hydrogen (secondary N) is 1. The number of halogens is 1. The Kier molecular flexibility index (Phi) is 3.61. The van der Waals surface area contributed by atoms with Gasteiger partial charge in [0.15, 0.2) is 0 Å². The van der Waals surface area contributed by atoms with Crippen molar-refractivity contribution in [1.29, 1.82) is 0 Å². The van der Waals surface area contributed by atoms with Crippen molar-refractivity contribution in [2.24, 2.45) is 0 Å². The van der Waals surface area contributed by atoms with Crippen LogP contribution in [0.1, 0.15) is 18.4 Å². The molecule has 1 aliphatic rings. The third kappa shape index (κ3) is 2.83. The van der Waals surface area contributed by atoms with E-state index in [4.69, 9.17) is 4.74 Å². The first-order valence-corrected chi connectivity index (χ1v) is 6.14. The molecule has 1 heterocycles. The molecule has 0 aliphatic carbocycles. The summed E-state index contributed by atoms with van der Waals surface area (Å²) in [6, 6.07) is 5.83. The maximum atomic E-state index is 11.8.